The summed E-state index contributed by atoms with van der Waals surface area (Å²) in [5, 5.41) is 5.09. The normalized spacial score (nSPS) is 24.3. The lowest BCUT2D eigenvalue weighted by Gasteiger charge is -2.38. The van der Waals surface area contributed by atoms with Gasteiger partial charge in [-0.15, -0.1) is 0 Å². The average Bonchev–Trinajstić information content (AvgIpc) is 2.46. The van der Waals surface area contributed by atoms with Gasteiger partial charge < -0.3 is 5.32 Å². The maximum Gasteiger partial charge on any atom is 0.243 e. The lowest BCUT2D eigenvalue weighted by molar-refractivity contribution is 0.220. The monoisotopic (exact) mass is 305 g/mol. The molecule has 2 atom stereocenters. The van der Waals surface area contributed by atoms with Gasteiger partial charge >= 0.3 is 0 Å². The second kappa shape index (κ2) is 5.36. The fourth-order valence-corrected chi connectivity index (χ4v) is 4.79. The van der Waals surface area contributed by atoms with Crippen molar-refractivity contribution < 1.29 is 8.42 Å². The molecule has 1 saturated heterocycles. The molecule has 1 N–H and O–H groups in total. The molecule has 1 aliphatic rings. The topological polar surface area (TPSA) is 62.3 Å². The van der Waals surface area contributed by atoms with Crippen molar-refractivity contribution in [1.29, 1.82) is 0 Å². The van der Waals surface area contributed by atoms with Gasteiger partial charge in [-0.2, -0.15) is 4.31 Å². The van der Waals surface area contributed by atoms with Crippen LogP contribution in [0.25, 0.3) is 10.8 Å². The molecule has 0 unspecified atom stereocenters. The van der Waals surface area contributed by atoms with E-state index in [0.29, 0.717) is 18.0 Å². The molecule has 0 amide bonds. The number of aromatic nitrogens is 1. The number of rotatable bonds is 2. The molecule has 5 nitrogen and oxygen atoms in total. The smallest absolute Gasteiger partial charge is 0.243 e. The van der Waals surface area contributed by atoms with E-state index in [4.69, 9.17) is 0 Å². The molecule has 1 aromatic heterocycles. The Balaban J connectivity index is 2.07. The predicted molar refractivity (Wildman–Crippen MR) is 82.6 cm³/mol. The van der Waals surface area contributed by atoms with Gasteiger partial charge in [0.25, 0.3) is 0 Å². The van der Waals surface area contributed by atoms with Gasteiger partial charge in [0, 0.05) is 43.0 Å². The third-order valence-corrected chi connectivity index (χ3v) is 6.06. The highest BCUT2D eigenvalue weighted by atomic mass is 32.2. The number of piperazine rings is 1. The summed E-state index contributed by atoms with van der Waals surface area (Å²) in [5.74, 6) is 0. The van der Waals surface area contributed by atoms with E-state index in [0.717, 1.165) is 10.8 Å². The highest BCUT2D eigenvalue weighted by Gasteiger charge is 2.35. The molecule has 0 saturated carbocycles. The third-order valence-electron chi connectivity index (χ3n) is 3.94. The molecule has 0 aliphatic carbocycles. The molecule has 3 rings (SSSR count). The Labute approximate surface area is 125 Å². The van der Waals surface area contributed by atoms with E-state index in [1.165, 1.54) is 0 Å². The molecule has 1 aliphatic heterocycles. The number of hydrogen-bond acceptors (Lipinski definition) is 4. The van der Waals surface area contributed by atoms with Gasteiger partial charge in [0.2, 0.25) is 10.0 Å². The van der Waals surface area contributed by atoms with Crippen molar-refractivity contribution in [1.82, 2.24) is 14.6 Å². The zero-order valence-electron chi connectivity index (χ0n) is 12.2. The van der Waals surface area contributed by atoms with Crippen LogP contribution in [0, 0.1) is 0 Å². The zero-order valence-corrected chi connectivity index (χ0v) is 13.0. The van der Waals surface area contributed by atoms with Crippen molar-refractivity contribution in [3.05, 3.63) is 36.7 Å². The van der Waals surface area contributed by atoms with Crippen LogP contribution in [0.2, 0.25) is 0 Å². The van der Waals surface area contributed by atoms with E-state index >= 15 is 0 Å². The van der Waals surface area contributed by atoms with Crippen molar-refractivity contribution >= 4 is 20.8 Å². The Bertz CT molecular complexity index is 750. The zero-order chi connectivity index (χ0) is 15.0. The van der Waals surface area contributed by atoms with Gasteiger partial charge in [-0.25, -0.2) is 8.42 Å². The molecule has 112 valence electrons. The SMILES string of the molecule is C[C@@H]1CNC[C@@H](C)N1S(=O)(=O)c1ccc2cnccc2c1. The summed E-state index contributed by atoms with van der Waals surface area (Å²) in [5.41, 5.74) is 0. The number of benzene rings is 1. The molecule has 0 radical (unpaired) electrons. The molecule has 2 aromatic rings. The molecule has 1 fully saturated rings. The highest BCUT2D eigenvalue weighted by Crippen LogP contribution is 2.25. The van der Waals surface area contributed by atoms with Gasteiger partial charge in [0.05, 0.1) is 4.90 Å². The van der Waals surface area contributed by atoms with Crippen molar-refractivity contribution in [3.8, 4) is 0 Å². The number of fused-ring (bicyclic) bond motifs is 1. The van der Waals surface area contributed by atoms with Gasteiger partial charge in [-0.3, -0.25) is 4.98 Å². The first-order valence-electron chi connectivity index (χ1n) is 7.08. The third kappa shape index (κ3) is 2.54. The fourth-order valence-electron chi connectivity index (χ4n) is 2.93. The second-order valence-corrected chi connectivity index (χ2v) is 7.42. The van der Waals surface area contributed by atoms with Crippen LogP contribution >= 0.6 is 0 Å². The Hall–Kier alpha value is -1.50. The molecule has 0 spiro atoms. The summed E-state index contributed by atoms with van der Waals surface area (Å²) in [6.07, 6.45) is 3.41. The van der Waals surface area contributed by atoms with Gasteiger partial charge in [-0.05, 0) is 37.4 Å². The van der Waals surface area contributed by atoms with E-state index in [9.17, 15) is 8.42 Å². The molecular formula is C15H19N3O2S. The maximum absolute atomic E-state index is 12.9. The predicted octanol–water partition coefficient (Wildman–Crippen LogP) is 1.61. The van der Waals surface area contributed by atoms with Crippen LogP contribution in [0.3, 0.4) is 0 Å². The molecule has 0 bridgehead atoms. The van der Waals surface area contributed by atoms with E-state index in [-0.39, 0.29) is 12.1 Å². The van der Waals surface area contributed by atoms with Crippen molar-refractivity contribution in [3.63, 3.8) is 0 Å². The number of sulfonamides is 1. The van der Waals surface area contributed by atoms with Crippen LogP contribution in [-0.4, -0.2) is 42.9 Å². The molecular weight excluding hydrogens is 286 g/mol. The van der Waals surface area contributed by atoms with E-state index in [1.807, 2.05) is 26.0 Å². The van der Waals surface area contributed by atoms with Gasteiger partial charge in [0.1, 0.15) is 0 Å². The molecule has 21 heavy (non-hydrogen) atoms. The van der Waals surface area contributed by atoms with Crippen LogP contribution in [0.5, 0.6) is 0 Å². The van der Waals surface area contributed by atoms with Crippen LogP contribution in [0.4, 0.5) is 0 Å². The Morgan fingerprint density at radius 1 is 1.14 bits per heavy atom. The summed E-state index contributed by atoms with van der Waals surface area (Å²) in [4.78, 5) is 4.40. The number of hydrogen-bond donors (Lipinski definition) is 1. The average molecular weight is 305 g/mol. The number of nitrogens with one attached hydrogen (secondary N) is 1. The van der Waals surface area contributed by atoms with E-state index < -0.39 is 10.0 Å². The number of nitrogens with zero attached hydrogens (tertiary/aromatic N) is 2. The quantitative estimate of drug-likeness (QED) is 0.915. The lowest BCUT2D eigenvalue weighted by Crippen LogP contribution is -2.57. The first kappa shape index (κ1) is 14.4. The molecule has 6 heteroatoms. The Morgan fingerprint density at radius 2 is 1.86 bits per heavy atom. The minimum absolute atomic E-state index is 0.0492. The van der Waals surface area contributed by atoms with Crippen LogP contribution in [-0.2, 0) is 10.0 Å². The number of pyridine rings is 1. The highest BCUT2D eigenvalue weighted by molar-refractivity contribution is 7.89. The van der Waals surface area contributed by atoms with Gasteiger partial charge in [-0.1, -0.05) is 6.07 Å². The van der Waals surface area contributed by atoms with Gasteiger partial charge in [0.15, 0.2) is 0 Å². The largest absolute Gasteiger partial charge is 0.314 e. The summed E-state index contributed by atoms with van der Waals surface area (Å²) >= 11 is 0. The van der Waals surface area contributed by atoms with Crippen LogP contribution in [0.1, 0.15) is 13.8 Å². The Kier molecular flexibility index (Phi) is 3.69. The second-order valence-electron chi connectivity index (χ2n) is 5.58. The van der Waals surface area contributed by atoms with Crippen LogP contribution < -0.4 is 5.32 Å². The summed E-state index contributed by atoms with van der Waals surface area (Å²) < 4.78 is 27.5. The Morgan fingerprint density at radius 3 is 2.57 bits per heavy atom. The van der Waals surface area contributed by atoms with Crippen molar-refractivity contribution in [2.45, 2.75) is 30.8 Å². The molecule has 2 heterocycles. The van der Waals surface area contributed by atoms with Crippen LogP contribution in [0.15, 0.2) is 41.6 Å². The standard InChI is InChI=1S/C15H19N3O2S/c1-11-8-17-9-12(2)18(11)21(19,20)15-4-3-14-10-16-6-5-13(14)7-15/h3-7,10-12,17H,8-9H2,1-2H3/t11-,12-/m1/s1. The lowest BCUT2D eigenvalue weighted by atomic mass is 10.2. The summed E-state index contributed by atoms with van der Waals surface area (Å²) in [6, 6.07) is 6.94. The van der Waals surface area contributed by atoms with E-state index in [1.54, 1.807) is 28.8 Å². The fraction of sp³-hybridized carbons (Fsp3) is 0.400. The summed E-state index contributed by atoms with van der Waals surface area (Å²) in [7, 11) is -3.48. The van der Waals surface area contributed by atoms with E-state index in [2.05, 4.69) is 10.3 Å². The maximum atomic E-state index is 12.9. The van der Waals surface area contributed by atoms with Crippen molar-refractivity contribution in [2.24, 2.45) is 0 Å². The first-order chi connectivity index (χ1) is 10.00. The minimum Gasteiger partial charge on any atom is -0.314 e. The first-order valence-corrected chi connectivity index (χ1v) is 8.52. The minimum atomic E-state index is -3.48. The molecule has 1 aromatic carbocycles. The van der Waals surface area contributed by atoms with Crippen molar-refractivity contribution in [2.75, 3.05) is 13.1 Å². The summed E-state index contributed by atoms with van der Waals surface area (Å²) in [6.45, 7) is 5.23.